The van der Waals surface area contributed by atoms with Crippen molar-refractivity contribution in [2.45, 2.75) is 25.6 Å². The molecule has 2 atom stereocenters. The summed E-state index contributed by atoms with van der Waals surface area (Å²) in [6, 6.07) is 0. The first-order chi connectivity index (χ1) is 3.34. The molecule has 2 unspecified atom stereocenters. The van der Waals surface area contributed by atoms with Gasteiger partial charge in [0.15, 0.2) is 0 Å². The van der Waals surface area contributed by atoms with Crippen molar-refractivity contribution in [2.24, 2.45) is 0 Å². The van der Waals surface area contributed by atoms with Gasteiger partial charge in [0.25, 0.3) is 0 Å². The molecule has 1 aliphatic heterocycles. The largest absolute Gasteiger partial charge is 0.370 e. The fraction of sp³-hybridized carbons (Fsp3) is 1.00. The molecule has 0 aromatic rings. The van der Waals surface area contributed by atoms with Crippen LogP contribution in [0.4, 0.5) is 0 Å². The Bertz CT molecular complexity index is 59.1. The van der Waals surface area contributed by atoms with Gasteiger partial charge in [0.05, 0.1) is 6.61 Å². The zero-order chi connectivity index (χ0) is 5.28. The van der Waals surface area contributed by atoms with Crippen molar-refractivity contribution in [3.05, 3.63) is 0 Å². The van der Waals surface area contributed by atoms with E-state index in [4.69, 9.17) is 4.74 Å². The molecular weight excluding hydrogens is 92.1 g/mol. The molecule has 0 bridgehead atoms. The van der Waals surface area contributed by atoms with E-state index in [-0.39, 0.29) is 6.10 Å². The van der Waals surface area contributed by atoms with Crippen LogP contribution in [0.15, 0.2) is 0 Å². The molecule has 7 heavy (non-hydrogen) atoms. The first kappa shape index (κ1) is 5.06. The molecule has 41 valence electrons. The van der Waals surface area contributed by atoms with E-state index < -0.39 is 6.10 Å². The van der Waals surface area contributed by atoms with Gasteiger partial charge in [-0.05, 0) is 6.42 Å². The normalized spacial score (nSPS) is 32.6. The molecule has 0 amide bonds. The minimum atomic E-state index is -0.458. The van der Waals surface area contributed by atoms with Crippen LogP contribution in [0.5, 0.6) is 0 Å². The van der Waals surface area contributed by atoms with Gasteiger partial charge >= 0.3 is 0 Å². The summed E-state index contributed by atoms with van der Waals surface area (Å²) in [4.78, 5) is 0. The first-order valence-corrected chi connectivity index (χ1v) is 2.62. The van der Waals surface area contributed by atoms with Crippen molar-refractivity contribution in [2.75, 3.05) is 6.61 Å². The summed E-state index contributed by atoms with van der Waals surface area (Å²) >= 11 is 0. The molecule has 1 heterocycles. The Labute approximate surface area is 43.1 Å². The van der Waals surface area contributed by atoms with Crippen molar-refractivity contribution >= 4 is 0 Å². The predicted octanol–water partition coefficient (Wildman–Crippen LogP) is 0.594. The lowest BCUT2D eigenvalue weighted by molar-refractivity contribution is 0.0590. The SMILES string of the molecule is CCC([O])C1CO1. The third-order valence-electron chi connectivity index (χ3n) is 1.18. The predicted molar refractivity (Wildman–Crippen MR) is 24.5 cm³/mol. The molecule has 1 radical (unpaired) electrons. The Morgan fingerprint density at radius 3 is 2.71 bits per heavy atom. The van der Waals surface area contributed by atoms with Crippen LogP contribution in [0, 0.1) is 0 Å². The van der Waals surface area contributed by atoms with Crippen LogP contribution in [-0.4, -0.2) is 18.8 Å². The van der Waals surface area contributed by atoms with Crippen LogP contribution in [0.1, 0.15) is 13.3 Å². The second kappa shape index (κ2) is 1.80. The zero-order valence-electron chi connectivity index (χ0n) is 4.39. The van der Waals surface area contributed by atoms with E-state index in [0.717, 1.165) is 0 Å². The smallest absolute Gasteiger partial charge is 0.121 e. The van der Waals surface area contributed by atoms with E-state index in [2.05, 4.69) is 0 Å². The van der Waals surface area contributed by atoms with Gasteiger partial charge in [-0.15, -0.1) is 0 Å². The standard InChI is InChI=1S/C5H9O2/c1-2-4(6)5-3-7-5/h4-5H,2-3H2,1H3. The van der Waals surface area contributed by atoms with Crippen LogP contribution < -0.4 is 0 Å². The van der Waals surface area contributed by atoms with Crippen molar-refractivity contribution in [1.82, 2.24) is 0 Å². The Morgan fingerprint density at radius 1 is 2.00 bits per heavy atom. The molecular formula is C5H9O2. The third kappa shape index (κ3) is 1.14. The van der Waals surface area contributed by atoms with Gasteiger partial charge < -0.3 is 4.74 Å². The molecule has 0 aliphatic carbocycles. The van der Waals surface area contributed by atoms with Crippen LogP contribution in [0.2, 0.25) is 0 Å². The maximum atomic E-state index is 10.5. The van der Waals surface area contributed by atoms with Gasteiger partial charge in [-0.3, -0.25) is 0 Å². The maximum absolute atomic E-state index is 10.5. The Kier molecular flexibility index (Phi) is 1.30. The molecule has 2 heteroatoms. The van der Waals surface area contributed by atoms with E-state index in [9.17, 15) is 5.11 Å². The molecule has 0 spiro atoms. The van der Waals surface area contributed by atoms with Gasteiger partial charge in [0, 0.05) is 0 Å². The highest BCUT2D eigenvalue weighted by atomic mass is 16.6. The van der Waals surface area contributed by atoms with E-state index in [1.165, 1.54) is 0 Å². The second-order valence-electron chi connectivity index (χ2n) is 1.82. The Morgan fingerprint density at radius 2 is 2.57 bits per heavy atom. The molecule has 0 N–H and O–H groups in total. The topological polar surface area (TPSA) is 32.4 Å². The molecule has 2 nitrogen and oxygen atoms in total. The summed E-state index contributed by atoms with van der Waals surface area (Å²) in [5, 5.41) is 10.5. The van der Waals surface area contributed by atoms with E-state index in [1.807, 2.05) is 6.92 Å². The average molecular weight is 101 g/mol. The van der Waals surface area contributed by atoms with Crippen LogP contribution in [0.3, 0.4) is 0 Å². The van der Waals surface area contributed by atoms with Crippen molar-refractivity contribution < 1.29 is 9.84 Å². The van der Waals surface area contributed by atoms with Gasteiger partial charge in [0.2, 0.25) is 0 Å². The van der Waals surface area contributed by atoms with Gasteiger partial charge in [0.1, 0.15) is 12.2 Å². The van der Waals surface area contributed by atoms with Crippen LogP contribution in [-0.2, 0) is 9.84 Å². The van der Waals surface area contributed by atoms with E-state index >= 15 is 0 Å². The summed E-state index contributed by atoms with van der Waals surface area (Å²) in [5.41, 5.74) is 0. The van der Waals surface area contributed by atoms with E-state index in [1.54, 1.807) is 0 Å². The van der Waals surface area contributed by atoms with Crippen LogP contribution in [0.25, 0.3) is 0 Å². The lowest BCUT2D eigenvalue weighted by Crippen LogP contribution is -2.09. The lowest BCUT2D eigenvalue weighted by Gasteiger charge is -1.94. The first-order valence-electron chi connectivity index (χ1n) is 2.62. The molecule has 0 saturated carbocycles. The Balaban J connectivity index is 2.10. The summed E-state index contributed by atoms with van der Waals surface area (Å²) < 4.78 is 4.75. The fourth-order valence-corrected chi connectivity index (χ4v) is 0.533. The molecule has 1 aliphatic rings. The quantitative estimate of drug-likeness (QED) is 0.468. The maximum Gasteiger partial charge on any atom is 0.121 e. The molecule has 1 saturated heterocycles. The number of rotatable bonds is 2. The minimum Gasteiger partial charge on any atom is -0.370 e. The molecule has 0 aromatic carbocycles. The highest BCUT2D eigenvalue weighted by molar-refractivity contribution is 4.76. The summed E-state index contributed by atoms with van der Waals surface area (Å²) in [6.45, 7) is 2.58. The van der Waals surface area contributed by atoms with Crippen molar-refractivity contribution in [3.8, 4) is 0 Å². The summed E-state index contributed by atoms with van der Waals surface area (Å²) in [6.07, 6.45) is 0.301. The van der Waals surface area contributed by atoms with Gasteiger partial charge in [-0.1, -0.05) is 6.92 Å². The summed E-state index contributed by atoms with van der Waals surface area (Å²) in [5.74, 6) is 0. The Hall–Kier alpha value is -0.0800. The third-order valence-corrected chi connectivity index (χ3v) is 1.18. The number of hydrogen-bond acceptors (Lipinski definition) is 1. The number of ether oxygens (including phenoxy) is 1. The lowest BCUT2D eigenvalue weighted by atomic mass is 10.2. The number of hydrogen-bond donors (Lipinski definition) is 0. The monoisotopic (exact) mass is 101 g/mol. The van der Waals surface area contributed by atoms with E-state index in [0.29, 0.717) is 13.0 Å². The second-order valence-corrected chi connectivity index (χ2v) is 1.82. The average Bonchev–Trinajstić information content (AvgIpc) is 2.44. The highest BCUT2D eigenvalue weighted by Crippen LogP contribution is 2.15. The molecule has 1 rings (SSSR count). The minimum absolute atomic E-state index is 0.0602. The van der Waals surface area contributed by atoms with Gasteiger partial charge in [-0.2, -0.15) is 0 Å². The van der Waals surface area contributed by atoms with Gasteiger partial charge in [-0.25, -0.2) is 5.11 Å². The molecule has 1 fully saturated rings. The van der Waals surface area contributed by atoms with Crippen LogP contribution >= 0.6 is 0 Å². The molecule has 0 aromatic heterocycles. The van der Waals surface area contributed by atoms with Crippen molar-refractivity contribution in [3.63, 3.8) is 0 Å². The highest BCUT2D eigenvalue weighted by Gasteiger charge is 2.30. The zero-order valence-corrected chi connectivity index (χ0v) is 4.39. The number of epoxide rings is 1. The van der Waals surface area contributed by atoms with Crippen molar-refractivity contribution in [1.29, 1.82) is 0 Å². The summed E-state index contributed by atoms with van der Waals surface area (Å²) in [7, 11) is 0. The fourth-order valence-electron chi connectivity index (χ4n) is 0.533.